The monoisotopic (exact) mass is 346 g/mol. The number of rotatable bonds is 3. The van der Waals surface area contributed by atoms with Crippen LogP contribution in [0.1, 0.15) is 18.4 Å². The molecule has 19 heavy (non-hydrogen) atoms. The van der Waals surface area contributed by atoms with Crippen LogP contribution >= 0.6 is 15.9 Å². The van der Waals surface area contributed by atoms with Gasteiger partial charge < -0.3 is 5.32 Å². The average Bonchev–Trinajstić information content (AvgIpc) is 2.35. The Hall–Kier alpha value is -0.920. The van der Waals surface area contributed by atoms with E-state index in [9.17, 15) is 13.2 Å². The van der Waals surface area contributed by atoms with Crippen LogP contribution in [0.4, 0.5) is 0 Å². The third-order valence-corrected chi connectivity index (χ3v) is 5.13. The largest absolute Gasteiger partial charge is 0.355 e. The minimum absolute atomic E-state index is 0.195. The van der Waals surface area contributed by atoms with E-state index in [0.29, 0.717) is 23.0 Å². The second kappa shape index (κ2) is 5.60. The number of halogens is 1. The van der Waals surface area contributed by atoms with Crippen LogP contribution < -0.4 is 10.0 Å². The van der Waals surface area contributed by atoms with Crippen LogP contribution in [0.5, 0.6) is 0 Å². The zero-order valence-electron chi connectivity index (χ0n) is 10.4. The molecular formula is C12H15BrN2O3S. The smallest absolute Gasteiger partial charge is 0.241 e. The summed E-state index contributed by atoms with van der Waals surface area (Å²) in [6, 6.07) is 4.36. The first-order valence-electron chi connectivity index (χ1n) is 5.96. The Morgan fingerprint density at radius 1 is 1.42 bits per heavy atom. The van der Waals surface area contributed by atoms with Crippen molar-refractivity contribution in [1.82, 2.24) is 10.0 Å². The van der Waals surface area contributed by atoms with E-state index >= 15 is 0 Å². The lowest BCUT2D eigenvalue weighted by Crippen LogP contribution is -2.50. The van der Waals surface area contributed by atoms with E-state index in [2.05, 4.69) is 26.0 Å². The molecule has 2 rings (SSSR count). The Morgan fingerprint density at radius 2 is 2.16 bits per heavy atom. The zero-order valence-corrected chi connectivity index (χ0v) is 12.8. The van der Waals surface area contributed by atoms with Gasteiger partial charge in [0.15, 0.2) is 0 Å². The van der Waals surface area contributed by atoms with E-state index in [-0.39, 0.29) is 10.8 Å². The van der Waals surface area contributed by atoms with Crippen LogP contribution in [-0.4, -0.2) is 26.9 Å². The van der Waals surface area contributed by atoms with Crippen LogP contribution in [0.15, 0.2) is 27.6 Å². The zero-order chi connectivity index (χ0) is 14.0. The average molecular weight is 347 g/mol. The predicted molar refractivity (Wildman–Crippen MR) is 75.2 cm³/mol. The summed E-state index contributed by atoms with van der Waals surface area (Å²) in [5, 5.41) is 2.66. The van der Waals surface area contributed by atoms with Gasteiger partial charge in [0, 0.05) is 11.0 Å². The maximum absolute atomic E-state index is 12.3. The lowest BCUT2D eigenvalue weighted by Gasteiger charge is -2.23. The molecule has 1 aromatic carbocycles. The topological polar surface area (TPSA) is 75.3 Å². The summed E-state index contributed by atoms with van der Waals surface area (Å²) >= 11 is 3.25. The van der Waals surface area contributed by atoms with Gasteiger partial charge in [0.05, 0.1) is 4.90 Å². The van der Waals surface area contributed by atoms with Crippen molar-refractivity contribution in [3.63, 3.8) is 0 Å². The van der Waals surface area contributed by atoms with Crippen LogP contribution in [0.3, 0.4) is 0 Å². The molecule has 0 radical (unpaired) electrons. The lowest BCUT2D eigenvalue weighted by molar-refractivity contribution is -0.124. The van der Waals surface area contributed by atoms with E-state index in [4.69, 9.17) is 0 Å². The molecule has 0 aliphatic carbocycles. The highest BCUT2D eigenvalue weighted by atomic mass is 79.9. The van der Waals surface area contributed by atoms with Crippen molar-refractivity contribution in [2.75, 3.05) is 6.54 Å². The highest BCUT2D eigenvalue weighted by Crippen LogP contribution is 2.21. The fourth-order valence-corrected chi connectivity index (χ4v) is 4.01. The summed E-state index contributed by atoms with van der Waals surface area (Å²) in [5.74, 6) is -0.262. The Kier molecular flexibility index (Phi) is 4.27. The number of carbonyl (C=O) groups excluding carboxylic acids is 1. The van der Waals surface area contributed by atoms with Gasteiger partial charge in [-0.15, -0.1) is 0 Å². The number of nitrogens with one attached hydrogen (secondary N) is 2. The standard InChI is InChI=1S/C12H15BrN2O3S/c1-8-4-5-9(13)7-11(8)19(17,18)15-10-3-2-6-14-12(10)16/h4-5,7,10,15H,2-3,6H2,1H3,(H,14,16). The highest BCUT2D eigenvalue weighted by Gasteiger charge is 2.28. The molecule has 7 heteroatoms. The van der Waals surface area contributed by atoms with Gasteiger partial charge in [-0.1, -0.05) is 22.0 Å². The SMILES string of the molecule is Cc1ccc(Br)cc1S(=O)(=O)NC1CCCNC1=O. The quantitative estimate of drug-likeness (QED) is 0.866. The van der Waals surface area contributed by atoms with Crippen LogP contribution in [0.2, 0.25) is 0 Å². The van der Waals surface area contributed by atoms with Crippen molar-refractivity contribution in [2.24, 2.45) is 0 Å². The molecule has 1 aromatic rings. The first-order chi connectivity index (χ1) is 8.90. The van der Waals surface area contributed by atoms with E-state index in [1.54, 1.807) is 25.1 Å². The summed E-state index contributed by atoms with van der Waals surface area (Å²) < 4.78 is 27.8. The molecule has 0 saturated carbocycles. The summed E-state index contributed by atoms with van der Waals surface area (Å²) in [5.41, 5.74) is 0.645. The van der Waals surface area contributed by atoms with Gasteiger partial charge in [-0.05, 0) is 37.5 Å². The molecule has 0 spiro atoms. The third-order valence-electron chi connectivity index (χ3n) is 3.02. The number of benzene rings is 1. The Balaban J connectivity index is 2.27. The molecule has 1 amide bonds. The molecule has 1 fully saturated rings. The molecule has 1 unspecified atom stereocenters. The van der Waals surface area contributed by atoms with Crippen molar-refractivity contribution < 1.29 is 13.2 Å². The van der Waals surface area contributed by atoms with E-state index in [1.807, 2.05) is 0 Å². The van der Waals surface area contributed by atoms with Crippen LogP contribution in [0, 0.1) is 6.92 Å². The van der Waals surface area contributed by atoms with Gasteiger partial charge in [0.25, 0.3) is 0 Å². The molecule has 1 saturated heterocycles. The van der Waals surface area contributed by atoms with Gasteiger partial charge in [-0.3, -0.25) is 4.79 Å². The molecule has 0 bridgehead atoms. The number of aryl methyl sites for hydroxylation is 1. The highest BCUT2D eigenvalue weighted by molar-refractivity contribution is 9.10. The molecule has 2 N–H and O–H groups in total. The number of hydrogen-bond donors (Lipinski definition) is 2. The van der Waals surface area contributed by atoms with Gasteiger partial charge in [0.2, 0.25) is 15.9 Å². The van der Waals surface area contributed by atoms with E-state index in [0.717, 1.165) is 6.42 Å². The summed E-state index contributed by atoms with van der Waals surface area (Å²) in [6.07, 6.45) is 1.30. The van der Waals surface area contributed by atoms with Crippen molar-refractivity contribution in [2.45, 2.75) is 30.7 Å². The molecule has 1 aliphatic rings. The van der Waals surface area contributed by atoms with Crippen molar-refractivity contribution in [1.29, 1.82) is 0 Å². The Morgan fingerprint density at radius 3 is 2.84 bits per heavy atom. The minimum atomic E-state index is -3.69. The second-order valence-corrected chi connectivity index (χ2v) is 7.12. The van der Waals surface area contributed by atoms with Crippen molar-refractivity contribution >= 4 is 31.9 Å². The third kappa shape index (κ3) is 3.34. The van der Waals surface area contributed by atoms with Crippen LogP contribution in [-0.2, 0) is 14.8 Å². The van der Waals surface area contributed by atoms with Gasteiger partial charge in [-0.25, -0.2) is 8.42 Å². The van der Waals surface area contributed by atoms with Crippen molar-refractivity contribution in [3.8, 4) is 0 Å². The maximum Gasteiger partial charge on any atom is 0.241 e. The Labute approximate surface area is 121 Å². The molecular weight excluding hydrogens is 332 g/mol. The van der Waals surface area contributed by atoms with Gasteiger partial charge in [-0.2, -0.15) is 4.72 Å². The maximum atomic E-state index is 12.3. The van der Waals surface area contributed by atoms with Crippen LogP contribution in [0.25, 0.3) is 0 Å². The summed E-state index contributed by atoms with van der Waals surface area (Å²) in [6.45, 7) is 2.33. The minimum Gasteiger partial charge on any atom is -0.355 e. The number of hydrogen-bond acceptors (Lipinski definition) is 3. The molecule has 104 valence electrons. The summed E-state index contributed by atoms with van der Waals surface area (Å²) in [4.78, 5) is 11.8. The molecule has 1 aliphatic heterocycles. The molecule has 5 nitrogen and oxygen atoms in total. The van der Waals surface area contributed by atoms with E-state index < -0.39 is 16.1 Å². The number of carbonyl (C=O) groups is 1. The first kappa shape index (κ1) is 14.5. The number of piperidine rings is 1. The van der Waals surface area contributed by atoms with Crippen molar-refractivity contribution in [3.05, 3.63) is 28.2 Å². The molecule has 1 atom stereocenters. The fourth-order valence-electron chi connectivity index (χ4n) is 2.00. The second-order valence-electron chi connectivity index (χ2n) is 4.52. The number of sulfonamides is 1. The summed E-state index contributed by atoms with van der Waals surface area (Å²) in [7, 11) is -3.69. The van der Waals surface area contributed by atoms with E-state index in [1.165, 1.54) is 0 Å². The molecule has 1 heterocycles. The Bertz CT molecular complexity index is 601. The first-order valence-corrected chi connectivity index (χ1v) is 8.24. The predicted octanol–water partition coefficient (Wildman–Crippen LogP) is 1.31. The van der Waals surface area contributed by atoms with Gasteiger partial charge >= 0.3 is 0 Å². The lowest BCUT2D eigenvalue weighted by atomic mass is 10.1. The van der Waals surface area contributed by atoms with Gasteiger partial charge in [0.1, 0.15) is 6.04 Å². The number of amides is 1. The molecule has 0 aromatic heterocycles. The fraction of sp³-hybridized carbons (Fsp3) is 0.417. The normalized spacial score (nSPS) is 20.1.